The van der Waals surface area contributed by atoms with Crippen molar-refractivity contribution in [2.75, 3.05) is 39.8 Å². The van der Waals surface area contributed by atoms with Gasteiger partial charge in [0.15, 0.2) is 0 Å². The van der Waals surface area contributed by atoms with Crippen molar-refractivity contribution in [1.29, 1.82) is 0 Å². The van der Waals surface area contributed by atoms with Gasteiger partial charge < -0.3 is 10.2 Å². The van der Waals surface area contributed by atoms with Crippen LogP contribution in [0.1, 0.15) is 41.8 Å². The third-order valence-corrected chi connectivity index (χ3v) is 7.15. The molecule has 6 nitrogen and oxygen atoms in total. The van der Waals surface area contributed by atoms with Crippen molar-refractivity contribution in [3.8, 4) is 10.7 Å². The predicted octanol–water partition coefficient (Wildman–Crippen LogP) is 2.89. The zero-order valence-electron chi connectivity index (χ0n) is 16.6. The number of hydrogen-bond donors (Lipinski definition) is 1. The predicted molar refractivity (Wildman–Crippen MR) is 113 cm³/mol. The van der Waals surface area contributed by atoms with E-state index >= 15 is 0 Å². The quantitative estimate of drug-likeness (QED) is 0.838. The monoisotopic (exact) mass is 399 g/mol. The number of amides is 1. The lowest BCUT2D eigenvalue weighted by molar-refractivity contribution is 0.0145. The van der Waals surface area contributed by atoms with Gasteiger partial charge in [0.2, 0.25) is 0 Å². The van der Waals surface area contributed by atoms with E-state index in [9.17, 15) is 4.79 Å². The molecule has 2 aliphatic rings. The molecule has 0 atom stereocenters. The number of nitrogens with zero attached hydrogens (tertiary/aromatic N) is 4. The smallest absolute Gasteiger partial charge is 0.263 e. The molecule has 1 amide bonds. The standard InChI is InChI=1S/C21H29N5OS/c1-25-13-8-21(9-14-25,26-11-5-2-6-12-26)16-24-19(27)18-15-23-20(28-18)17-7-3-4-10-22-17/h3-4,7,10,15H,2,5-6,8-9,11-14,16H2,1H3,(H,24,27). The van der Waals surface area contributed by atoms with E-state index in [1.54, 1.807) is 12.4 Å². The lowest BCUT2D eigenvalue weighted by Crippen LogP contribution is -2.61. The second-order valence-corrected chi connectivity index (χ2v) is 9.03. The van der Waals surface area contributed by atoms with Gasteiger partial charge in [0, 0.05) is 18.3 Å². The summed E-state index contributed by atoms with van der Waals surface area (Å²) < 4.78 is 0. The summed E-state index contributed by atoms with van der Waals surface area (Å²) >= 11 is 1.41. The number of pyridine rings is 1. The Morgan fingerprint density at radius 3 is 2.64 bits per heavy atom. The van der Waals surface area contributed by atoms with Gasteiger partial charge in [-0.2, -0.15) is 0 Å². The normalized spacial score (nSPS) is 20.8. The number of carbonyl (C=O) groups is 1. The first-order chi connectivity index (χ1) is 13.7. The van der Waals surface area contributed by atoms with Crippen LogP contribution in [0.25, 0.3) is 10.7 Å². The van der Waals surface area contributed by atoms with Crippen molar-refractivity contribution in [2.45, 2.75) is 37.6 Å². The zero-order chi connectivity index (χ0) is 19.4. The largest absolute Gasteiger partial charge is 0.349 e. The first-order valence-corrected chi connectivity index (χ1v) is 11.1. The highest BCUT2D eigenvalue weighted by Crippen LogP contribution is 2.31. The fraction of sp³-hybridized carbons (Fsp3) is 0.571. The molecule has 0 bridgehead atoms. The third-order valence-electron chi connectivity index (χ3n) is 6.14. The van der Waals surface area contributed by atoms with Crippen LogP contribution < -0.4 is 5.32 Å². The van der Waals surface area contributed by atoms with Gasteiger partial charge in [0.1, 0.15) is 9.88 Å². The average Bonchev–Trinajstić information content (AvgIpc) is 3.25. The number of likely N-dealkylation sites (tertiary alicyclic amines) is 2. The van der Waals surface area contributed by atoms with Crippen molar-refractivity contribution in [3.63, 3.8) is 0 Å². The molecule has 0 spiro atoms. The number of carbonyl (C=O) groups excluding carboxylic acids is 1. The second kappa shape index (κ2) is 8.68. The van der Waals surface area contributed by atoms with E-state index in [1.807, 2.05) is 18.2 Å². The van der Waals surface area contributed by atoms with Crippen LogP contribution in [-0.4, -0.2) is 71.0 Å². The molecule has 2 saturated heterocycles. The molecule has 2 aliphatic heterocycles. The molecule has 2 fully saturated rings. The lowest BCUT2D eigenvalue weighted by Gasteiger charge is -2.50. The third kappa shape index (κ3) is 4.26. The molecular formula is C21H29N5OS. The number of hydrogen-bond acceptors (Lipinski definition) is 6. The van der Waals surface area contributed by atoms with E-state index in [0.717, 1.165) is 56.3 Å². The van der Waals surface area contributed by atoms with Gasteiger partial charge in [0.05, 0.1) is 11.9 Å². The summed E-state index contributed by atoms with van der Waals surface area (Å²) in [6.07, 6.45) is 9.53. The minimum Gasteiger partial charge on any atom is -0.349 e. The highest BCUT2D eigenvalue weighted by Gasteiger charge is 2.39. The highest BCUT2D eigenvalue weighted by molar-refractivity contribution is 7.16. The van der Waals surface area contributed by atoms with Crippen molar-refractivity contribution in [2.24, 2.45) is 0 Å². The molecule has 4 heterocycles. The van der Waals surface area contributed by atoms with E-state index < -0.39 is 0 Å². The van der Waals surface area contributed by atoms with Gasteiger partial charge in [-0.3, -0.25) is 14.7 Å². The van der Waals surface area contributed by atoms with Crippen LogP contribution >= 0.6 is 11.3 Å². The molecule has 1 N–H and O–H groups in total. The minimum absolute atomic E-state index is 0.0185. The molecule has 0 aliphatic carbocycles. The summed E-state index contributed by atoms with van der Waals surface area (Å²) in [5.74, 6) is -0.0185. The minimum atomic E-state index is -0.0185. The van der Waals surface area contributed by atoms with Gasteiger partial charge in [0.25, 0.3) is 5.91 Å². The maximum atomic E-state index is 12.8. The Morgan fingerprint density at radius 2 is 1.93 bits per heavy atom. The fourth-order valence-electron chi connectivity index (χ4n) is 4.33. The first-order valence-electron chi connectivity index (χ1n) is 10.3. The van der Waals surface area contributed by atoms with Crippen LogP contribution in [0, 0.1) is 0 Å². The van der Waals surface area contributed by atoms with Gasteiger partial charge in [-0.25, -0.2) is 4.98 Å². The summed E-state index contributed by atoms with van der Waals surface area (Å²) in [7, 11) is 2.19. The maximum absolute atomic E-state index is 12.8. The molecule has 7 heteroatoms. The Kier molecular flexibility index (Phi) is 6.04. The molecule has 4 rings (SSSR count). The van der Waals surface area contributed by atoms with Crippen LogP contribution in [0.5, 0.6) is 0 Å². The Morgan fingerprint density at radius 1 is 1.14 bits per heavy atom. The molecule has 2 aromatic heterocycles. The Labute approximate surface area is 171 Å². The molecule has 0 unspecified atom stereocenters. The Bertz CT molecular complexity index is 779. The van der Waals surface area contributed by atoms with E-state index in [1.165, 1.54) is 30.6 Å². The summed E-state index contributed by atoms with van der Waals surface area (Å²) in [6.45, 7) is 5.22. The summed E-state index contributed by atoms with van der Waals surface area (Å²) in [5.41, 5.74) is 0.906. The Balaban J connectivity index is 1.43. The number of rotatable bonds is 5. The van der Waals surface area contributed by atoms with E-state index in [-0.39, 0.29) is 11.4 Å². The van der Waals surface area contributed by atoms with Crippen molar-refractivity contribution < 1.29 is 4.79 Å². The summed E-state index contributed by atoms with van der Waals surface area (Å²) in [5, 5.41) is 4.03. The van der Waals surface area contributed by atoms with Crippen LogP contribution in [0.4, 0.5) is 0 Å². The van der Waals surface area contributed by atoms with Crippen LogP contribution in [0.3, 0.4) is 0 Å². The van der Waals surface area contributed by atoms with Crippen molar-refractivity contribution >= 4 is 17.2 Å². The van der Waals surface area contributed by atoms with Crippen molar-refractivity contribution in [3.05, 3.63) is 35.5 Å². The lowest BCUT2D eigenvalue weighted by atomic mass is 9.84. The van der Waals surface area contributed by atoms with Crippen molar-refractivity contribution in [1.82, 2.24) is 25.1 Å². The molecular weight excluding hydrogens is 370 g/mol. The molecule has 0 aromatic carbocycles. The summed E-state index contributed by atoms with van der Waals surface area (Å²) in [4.78, 5) is 27.3. The van der Waals surface area contributed by atoms with Gasteiger partial charge >= 0.3 is 0 Å². The van der Waals surface area contributed by atoms with Gasteiger partial charge in [-0.05, 0) is 71.0 Å². The zero-order valence-corrected chi connectivity index (χ0v) is 17.4. The SMILES string of the molecule is CN1CCC(CNC(=O)c2cnc(-c3ccccn3)s2)(N2CCCCC2)CC1. The fourth-order valence-corrected chi connectivity index (χ4v) is 5.14. The van der Waals surface area contributed by atoms with E-state index in [4.69, 9.17) is 0 Å². The molecule has 0 radical (unpaired) electrons. The number of aromatic nitrogens is 2. The van der Waals surface area contributed by atoms with Crippen LogP contribution in [-0.2, 0) is 0 Å². The maximum Gasteiger partial charge on any atom is 0.263 e. The van der Waals surface area contributed by atoms with Crippen LogP contribution in [0.2, 0.25) is 0 Å². The highest BCUT2D eigenvalue weighted by atomic mass is 32.1. The van der Waals surface area contributed by atoms with Crippen LogP contribution in [0.15, 0.2) is 30.6 Å². The number of nitrogens with one attached hydrogen (secondary N) is 1. The van der Waals surface area contributed by atoms with Gasteiger partial charge in [-0.15, -0.1) is 11.3 Å². The second-order valence-electron chi connectivity index (χ2n) is 8.00. The molecule has 0 saturated carbocycles. The molecule has 150 valence electrons. The van der Waals surface area contributed by atoms with Gasteiger partial charge in [-0.1, -0.05) is 12.5 Å². The molecule has 28 heavy (non-hydrogen) atoms. The van der Waals surface area contributed by atoms with E-state index in [0.29, 0.717) is 4.88 Å². The Hall–Kier alpha value is -1.83. The first kappa shape index (κ1) is 19.5. The van der Waals surface area contributed by atoms with E-state index in [2.05, 4.69) is 32.1 Å². The average molecular weight is 400 g/mol. The topological polar surface area (TPSA) is 61.4 Å². The number of thiazole rings is 1. The molecule has 2 aromatic rings. The number of piperidine rings is 2. The summed E-state index contributed by atoms with van der Waals surface area (Å²) in [6, 6.07) is 5.74.